The molecule has 0 aliphatic carbocycles. The van der Waals surface area contributed by atoms with Crippen LogP contribution >= 0.6 is 0 Å². The number of hydrogen-bond acceptors (Lipinski definition) is 6. The average molecular weight is 367 g/mol. The predicted octanol–water partition coefficient (Wildman–Crippen LogP) is 3.63. The molecule has 4 heterocycles. The van der Waals surface area contributed by atoms with E-state index in [9.17, 15) is 4.79 Å². The van der Waals surface area contributed by atoms with Gasteiger partial charge in [0.05, 0.1) is 23.6 Å². The Kier molecular flexibility index (Phi) is 4.32. The molecule has 2 aliphatic heterocycles. The first kappa shape index (κ1) is 17.8. The highest BCUT2D eigenvalue weighted by atomic mass is 16.6. The van der Waals surface area contributed by atoms with E-state index in [4.69, 9.17) is 9.72 Å². The number of carbonyl (C=O) groups is 1. The van der Waals surface area contributed by atoms with E-state index < -0.39 is 5.60 Å². The molecule has 2 unspecified atom stereocenters. The molecule has 1 saturated heterocycles. The molecular formula is C20H25N5O2. The Morgan fingerprint density at radius 3 is 2.74 bits per heavy atom. The van der Waals surface area contributed by atoms with E-state index in [1.807, 2.05) is 32.6 Å². The first-order valence-corrected chi connectivity index (χ1v) is 9.48. The fourth-order valence-corrected chi connectivity index (χ4v) is 4.10. The monoisotopic (exact) mass is 367 g/mol. The Hall–Kier alpha value is -2.57. The Bertz CT molecular complexity index is 863. The summed E-state index contributed by atoms with van der Waals surface area (Å²) < 4.78 is 5.69. The lowest BCUT2D eigenvalue weighted by molar-refractivity contribution is -0.0105. The van der Waals surface area contributed by atoms with Crippen molar-refractivity contribution in [2.24, 2.45) is 0 Å². The normalized spacial score (nSPS) is 21.6. The molecule has 0 spiro atoms. The van der Waals surface area contributed by atoms with Crippen molar-refractivity contribution in [3.05, 3.63) is 35.7 Å². The van der Waals surface area contributed by atoms with Crippen LogP contribution in [0.4, 0.5) is 4.79 Å². The third-order valence-corrected chi connectivity index (χ3v) is 5.06. The van der Waals surface area contributed by atoms with Gasteiger partial charge in [-0.1, -0.05) is 0 Å². The van der Waals surface area contributed by atoms with Crippen LogP contribution in [0.2, 0.25) is 0 Å². The summed E-state index contributed by atoms with van der Waals surface area (Å²) in [7, 11) is 0. The van der Waals surface area contributed by atoms with Crippen molar-refractivity contribution in [1.29, 1.82) is 0 Å². The van der Waals surface area contributed by atoms with Gasteiger partial charge in [0.1, 0.15) is 17.1 Å². The van der Waals surface area contributed by atoms with Gasteiger partial charge in [0.25, 0.3) is 0 Å². The molecule has 1 fully saturated rings. The third-order valence-electron chi connectivity index (χ3n) is 5.06. The smallest absolute Gasteiger partial charge is 0.411 e. The molecule has 1 amide bonds. The van der Waals surface area contributed by atoms with Crippen LogP contribution in [0, 0.1) is 6.92 Å². The van der Waals surface area contributed by atoms with E-state index in [1.165, 1.54) is 0 Å². The second-order valence-electron chi connectivity index (χ2n) is 8.27. The Morgan fingerprint density at radius 2 is 2.04 bits per heavy atom. The van der Waals surface area contributed by atoms with Crippen molar-refractivity contribution >= 4 is 6.09 Å². The summed E-state index contributed by atoms with van der Waals surface area (Å²) in [6, 6.07) is 0.0345. The zero-order chi connectivity index (χ0) is 19.2. The summed E-state index contributed by atoms with van der Waals surface area (Å²) in [4.78, 5) is 32.9. The highest BCUT2D eigenvalue weighted by molar-refractivity contribution is 5.71. The highest BCUT2D eigenvalue weighted by Gasteiger charge is 2.44. The van der Waals surface area contributed by atoms with E-state index in [-0.39, 0.29) is 18.2 Å². The van der Waals surface area contributed by atoms with E-state index in [0.717, 1.165) is 48.3 Å². The van der Waals surface area contributed by atoms with Gasteiger partial charge in [-0.05, 0) is 53.4 Å². The number of ether oxygens (including phenoxy) is 1. The van der Waals surface area contributed by atoms with Crippen LogP contribution in [0.5, 0.6) is 0 Å². The number of fused-ring (bicyclic) bond motifs is 4. The van der Waals surface area contributed by atoms with Gasteiger partial charge < -0.3 is 4.74 Å². The fraction of sp³-hybridized carbons (Fsp3) is 0.550. The number of aromatic nitrogens is 4. The van der Waals surface area contributed by atoms with Gasteiger partial charge in [-0.2, -0.15) is 0 Å². The summed E-state index contributed by atoms with van der Waals surface area (Å²) in [5.41, 5.74) is 3.10. The third kappa shape index (κ3) is 3.38. The van der Waals surface area contributed by atoms with Crippen LogP contribution in [0.15, 0.2) is 18.6 Å². The molecule has 27 heavy (non-hydrogen) atoms. The van der Waals surface area contributed by atoms with Crippen LogP contribution in [-0.2, 0) is 11.2 Å². The molecule has 142 valence electrons. The van der Waals surface area contributed by atoms with E-state index in [1.54, 1.807) is 18.6 Å². The summed E-state index contributed by atoms with van der Waals surface area (Å²) in [6.07, 6.45) is 8.47. The van der Waals surface area contributed by atoms with E-state index in [0.29, 0.717) is 5.82 Å². The number of nitrogens with zero attached hydrogens (tertiary/aromatic N) is 5. The first-order valence-electron chi connectivity index (χ1n) is 9.48. The molecule has 0 aromatic carbocycles. The van der Waals surface area contributed by atoms with Gasteiger partial charge in [-0.15, -0.1) is 0 Å². The second-order valence-corrected chi connectivity index (χ2v) is 8.27. The van der Waals surface area contributed by atoms with Gasteiger partial charge >= 0.3 is 6.09 Å². The van der Waals surface area contributed by atoms with Crippen LogP contribution < -0.4 is 0 Å². The van der Waals surface area contributed by atoms with Crippen molar-refractivity contribution in [2.45, 2.75) is 71.1 Å². The molecule has 2 aliphatic rings. The fourth-order valence-electron chi connectivity index (χ4n) is 4.10. The molecule has 7 heteroatoms. The van der Waals surface area contributed by atoms with Crippen molar-refractivity contribution in [1.82, 2.24) is 24.8 Å². The second kappa shape index (κ2) is 6.55. The molecule has 0 N–H and O–H groups in total. The van der Waals surface area contributed by atoms with Crippen molar-refractivity contribution < 1.29 is 9.53 Å². The maximum absolute atomic E-state index is 12.9. The van der Waals surface area contributed by atoms with Crippen LogP contribution in [0.3, 0.4) is 0 Å². The maximum Gasteiger partial charge on any atom is 0.411 e. The van der Waals surface area contributed by atoms with Crippen molar-refractivity contribution in [3.63, 3.8) is 0 Å². The van der Waals surface area contributed by atoms with Crippen molar-refractivity contribution in [2.75, 3.05) is 0 Å². The average Bonchev–Trinajstić information content (AvgIpc) is 2.61. The Balaban J connectivity index is 1.79. The summed E-state index contributed by atoms with van der Waals surface area (Å²) in [5, 5.41) is 0. The topological polar surface area (TPSA) is 81.1 Å². The number of aryl methyl sites for hydroxylation is 1. The standard InChI is InChI=1S/C20H25N5O2/c1-12-23-17(15-11-21-8-9-22-15)14-10-13-6-5-7-16(18(14)24-12)25(13)19(26)27-20(2,3)4/h8-9,11,13,16H,5-7,10H2,1-4H3. The lowest BCUT2D eigenvalue weighted by Crippen LogP contribution is -2.51. The van der Waals surface area contributed by atoms with Crippen molar-refractivity contribution in [3.8, 4) is 11.4 Å². The Labute approximate surface area is 159 Å². The lowest BCUT2D eigenvalue weighted by atomic mass is 9.82. The van der Waals surface area contributed by atoms with Gasteiger partial charge in [0.15, 0.2) is 0 Å². The van der Waals surface area contributed by atoms with Gasteiger partial charge in [0, 0.05) is 24.0 Å². The minimum atomic E-state index is -0.516. The minimum absolute atomic E-state index is 0.0699. The predicted molar refractivity (Wildman–Crippen MR) is 100.0 cm³/mol. The number of rotatable bonds is 1. The number of carbonyl (C=O) groups excluding carboxylic acids is 1. The molecule has 2 bridgehead atoms. The van der Waals surface area contributed by atoms with Gasteiger partial charge in [-0.3, -0.25) is 14.9 Å². The van der Waals surface area contributed by atoms with E-state index in [2.05, 4.69) is 15.0 Å². The Morgan fingerprint density at radius 1 is 1.22 bits per heavy atom. The molecule has 4 rings (SSSR count). The number of hydrogen-bond donors (Lipinski definition) is 0. The quantitative estimate of drug-likeness (QED) is 0.765. The van der Waals surface area contributed by atoms with Crippen LogP contribution in [0.1, 0.15) is 63.2 Å². The first-order chi connectivity index (χ1) is 12.8. The highest BCUT2D eigenvalue weighted by Crippen LogP contribution is 2.43. The molecule has 0 radical (unpaired) electrons. The van der Waals surface area contributed by atoms with Crippen LogP contribution in [-0.4, -0.2) is 42.6 Å². The molecule has 0 saturated carbocycles. The molecule has 2 atom stereocenters. The van der Waals surface area contributed by atoms with Gasteiger partial charge in [0.2, 0.25) is 0 Å². The number of amides is 1. The molecule has 7 nitrogen and oxygen atoms in total. The zero-order valence-electron chi connectivity index (χ0n) is 16.3. The summed E-state index contributed by atoms with van der Waals surface area (Å²) >= 11 is 0. The largest absolute Gasteiger partial charge is 0.444 e. The summed E-state index contributed by atoms with van der Waals surface area (Å²) in [5.74, 6) is 0.683. The number of piperidine rings is 1. The minimum Gasteiger partial charge on any atom is -0.444 e. The molecule has 2 aromatic rings. The SMILES string of the molecule is Cc1nc(-c2cnccn2)c2c(n1)C1CCCC(C2)N1C(=O)OC(C)(C)C. The lowest BCUT2D eigenvalue weighted by Gasteiger charge is -2.46. The van der Waals surface area contributed by atoms with Gasteiger partial charge in [-0.25, -0.2) is 14.8 Å². The van der Waals surface area contributed by atoms with E-state index >= 15 is 0 Å². The maximum atomic E-state index is 12.9. The van der Waals surface area contributed by atoms with Crippen LogP contribution in [0.25, 0.3) is 11.4 Å². The zero-order valence-corrected chi connectivity index (χ0v) is 16.3. The summed E-state index contributed by atoms with van der Waals surface area (Å²) in [6.45, 7) is 7.58. The molecule has 2 aromatic heterocycles. The molecular weight excluding hydrogens is 342 g/mol.